The van der Waals surface area contributed by atoms with Crippen molar-refractivity contribution in [2.75, 3.05) is 9.80 Å². The van der Waals surface area contributed by atoms with Crippen molar-refractivity contribution in [3.8, 4) is 0 Å². The maximum Gasteiger partial charge on any atom is 0.172 e. The summed E-state index contributed by atoms with van der Waals surface area (Å²) < 4.78 is 0. The van der Waals surface area contributed by atoms with Gasteiger partial charge in [-0.05, 0) is 48.5 Å². The predicted molar refractivity (Wildman–Crippen MR) is 135 cm³/mol. The van der Waals surface area contributed by atoms with Gasteiger partial charge in [0.05, 0.1) is 55.3 Å². The summed E-state index contributed by atoms with van der Waals surface area (Å²) in [6.07, 6.45) is 8.99. The fourth-order valence-electron chi connectivity index (χ4n) is 3.91. The molecule has 0 atom stereocenters. The summed E-state index contributed by atoms with van der Waals surface area (Å²) in [7, 11) is 0. The minimum atomic E-state index is 0.594. The van der Waals surface area contributed by atoms with Crippen LogP contribution in [0.4, 0.5) is 11.6 Å². The summed E-state index contributed by atoms with van der Waals surface area (Å²) in [5, 5.41) is 0. The SMILES string of the molecule is c1ccc(CN(Cc2ccccn2)c2nc[nH]c2N(Cc2ccccn2)Cc2ccccn2)nc1. The number of pyridine rings is 4. The van der Waals surface area contributed by atoms with Crippen LogP contribution in [0.15, 0.2) is 104 Å². The van der Waals surface area contributed by atoms with E-state index in [0.29, 0.717) is 26.2 Å². The molecular weight excluding hydrogens is 436 g/mol. The Kier molecular flexibility index (Phi) is 6.99. The lowest BCUT2D eigenvalue weighted by Crippen LogP contribution is -2.29. The lowest BCUT2D eigenvalue weighted by Gasteiger charge is -2.28. The van der Waals surface area contributed by atoms with E-state index in [1.165, 1.54) is 0 Å². The van der Waals surface area contributed by atoms with Gasteiger partial charge in [-0.3, -0.25) is 19.9 Å². The van der Waals surface area contributed by atoms with Crippen molar-refractivity contribution in [3.63, 3.8) is 0 Å². The first-order chi connectivity index (χ1) is 17.3. The summed E-state index contributed by atoms with van der Waals surface area (Å²) >= 11 is 0. The van der Waals surface area contributed by atoms with E-state index in [1.54, 1.807) is 6.33 Å². The van der Waals surface area contributed by atoms with Crippen LogP contribution in [0, 0.1) is 0 Å². The van der Waals surface area contributed by atoms with Crippen molar-refractivity contribution in [1.29, 1.82) is 0 Å². The third-order valence-electron chi connectivity index (χ3n) is 5.53. The lowest BCUT2D eigenvalue weighted by atomic mass is 10.2. The van der Waals surface area contributed by atoms with E-state index in [-0.39, 0.29) is 0 Å². The average Bonchev–Trinajstić information content (AvgIpc) is 3.40. The first-order valence-electron chi connectivity index (χ1n) is 11.5. The molecule has 0 aliphatic rings. The van der Waals surface area contributed by atoms with Crippen LogP contribution in [0.3, 0.4) is 0 Å². The van der Waals surface area contributed by atoms with Gasteiger partial charge in [-0.25, -0.2) is 4.98 Å². The smallest absolute Gasteiger partial charge is 0.172 e. The van der Waals surface area contributed by atoms with Crippen LogP contribution in [-0.2, 0) is 26.2 Å². The first-order valence-corrected chi connectivity index (χ1v) is 11.5. The molecule has 1 N–H and O–H groups in total. The molecule has 0 saturated carbocycles. The standard InChI is InChI=1S/C27H26N8/c1-5-13-28-22(9-1)17-34(18-23-10-2-6-14-29-23)26-27(33-21-32-26)35(19-24-11-3-7-15-30-24)20-25-12-4-8-16-31-25/h1-16,21H,17-20H2,(H,32,33). The van der Waals surface area contributed by atoms with Gasteiger partial charge in [0.2, 0.25) is 0 Å². The molecule has 174 valence electrons. The zero-order valence-corrected chi connectivity index (χ0v) is 19.3. The van der Waals surface area contributed by atoms with Crippen LogP contribution in [0.2, 0.25) is 0 Å². The van der Waals surface area contributed by atoms with Gasteiger partial charge >= 0.3 is 0 Å². The van der Waals surface area contributed by atoms with Crippen LogP contribution < -0.4 is 9.80 Å². The Balaban J connectivity index is 1.50. The highest BCUT2D eigenvalue weighted by Gasteiger charge is 2.22. The van der Waals surface area contributed by atoms with E-state index in [0.717, 1.165) is 34.4 Å². The minimum Gasteiger partial charge on any atom is -0.343 e. The zero-order valence-electron chi connectivity index (χ0n) is 19.3. The van der Waals surface area contributed by atoms with Crippen molar-refractivity contribution in [3.05, 3.63) is 127 Å². The number of imidazole rings is 1. The van der Waals surface area contributed by atoms with Crippen molar-refractivity contribution in [1.82, 2.24) is 29.9 Å². The topological polar surface area (TPSA) is 86.7 Å². The number of aromatic amines is 1. The lowest BCUT2D eigenvalue weighted by molar-refractivity contribution is 0.727. The van der Waals surface area contributed by atoms with E-state index in [1.807, 2.05) is 97.6 Å². The maximum atomic E-state index is 4.75. The van der Waals surface area contributed by atoms with E-state index < -0.39 is 0 Å². The van der Waals surface area contributed by atoms with Crippen molar-refractivity contribution in [2.24, 2.45) is 0 Å². The van der Waals surface area contributed by atoms with Gasteiger partial charge in [-0.2, -0.15) is 0 Å². The summed E-state index contributed by atoms with van der Waals surface area (Å²) in [6.45, 7) is 2.40. The minimum absolute atomic E-state index is 0.594. The molecule has 5 heterocycles. The molecule has 0 fully saturated rings. The summed E-state index contributed by atoms with van der Waals surface area (Å²) in [5.74, 6) is 1.72. The molecule has 0 aliphatic heterocycles. The Morgan fingerprint density at radius 3 is 1.26 bits per heavy atom. The van der Waals surface area contributed by atoms with Gasteiger partial charge in [0.1, 0.15) is 0 Å². The number of nitrogens with zero attached hydrogens (tertiary/aromatic N) is 7. The molecule has 35 heavy (non-hydrogen) atoms. The van der Waals surface area contributed by atoms with Crippen LogP contribution in [-0.4, -0.2) is 29.9 Å². The molecule has 5 aromatic rings. The van der Waals surface area contributed by atoms with Gasteiger partial charge in [0, 0.05) is 24.8 Å². The van der Waals surface area contributed by atoms with Gasteiger partial charge in [-0.1, -0.05) is 24.3 Å². The number of hydrogen-bond donors (Lipinski definition) is 1. The highest BCUT2D eigenvalue weighted by molar-refractivity contribution is 5.63. The van der Waals surface area contributed by atoms with Crippen LogP contribution >= 0.6 is 0 Å². The number of hydrogen-bond acceptors (Lipinski definition) is 7. The second kappa shape index (κ2) is 11.0. The molecule has 8 heteroatoms. The Labute approximate surface area is 204 Å². The Morgan fingerprint density at radius 2 is 0.886 bits per heavy atom. The average molecular weight is 463 g/mol. The fourth-order valence-corrected chi connectivity index (χ4v) is 3.91. The second-order valence-corrected chi connectivity index (χ2v) is 8.07. The molecule has 0 radical (unpaired) electrons. The number of anilines is 2. The molecule has 0 amide bonds. The Hall–Kier alpha value is -4.59. The summed E-state index contributed by atoms with van der Waals surface area (Å²) in [5.41, 5.74) is 3.84. The van der Waals surface area contributed by atoms with Gasteiger partial charge < -0.3 is 14.8 Å². The van der Waals surface area contributed by atoms with Gasteiger partial charge in [0.25, 0.3) is 0 Å². The van der Waals surface area contributed by atoms with Crippen molar-refractivity contribution < 1.29 is 0 Å². The second-order valence-electron chi connectivity index (χ2n) is 8.07. The number of aromatic nitrogens is 6. The molecule has 0 aliphatic carbocycles. The van der Waals surface area contributed by atoms with E-state index >= 15 is 0 Å². The molecule has 0 spiro atoms. The van der Waals surface area contributed by atoms with E-state index in [9.17, 15) is 0 Å². The van der Waals surface area contributed by atoms with Crippen LogP contribution in [0.25, 0.3) is 0 Å². The fraction of sp³-hybridized carbons (Fsp3) is 0.148. The van der Waals surface area contributed by atoms with Crippen molar-refractivity contribution in [2.45, 2.75) is 26.2 Å². The van der Waals surface area contributed by atoms with Gasteiger partial charge in [-0.15, -0.1) is 0 Å². The summed E-state index contributed by atoms with van der Waals surface area (Å²) in [6, 6.07) is 23.8. The van der Waals surface area contributed by atoms with E-state index in [2.05, 4.69) is 34.7 Å². The van der Waals surface area contributed by atoms with Crippen molar-refractivity contribution >= 4 is 11.6 Å². The maximum absolute atomic E-state index is 4.75. The first kappa shape index (κ1) is 22.2. The normalized spacial score (nSPS) is 10.7. The Morgan fingerprint density at radius 1 is 0.486 bits per heavy atom. The zero-order chi connectivity index (χ0) is 23.7. The number of rotatable bonds is 10. The molecule has 8 nitrogen and oxygen atoms in total. The Bertz CT molecular complexity index is 1110. The molecule has 5 rings (SSSR count). The third kappa shape index (κ3) is 5.86. The predicted octanol–water partition coefficient (Wildman–Crippen LogP) is 4.40. The number of H-pyrrole nitrogens is 1. The molecule has 0 saturated heterocycles. The molecular formula is C27H26N8. The number of nitrogens with one attached hydrogen (secondary N) is 1. The largest absolute Gasteiger partial charge is 0.343 e. The van der Waals surface area contributed by atoms with Crippen LogP contribution in [0.1, 0.15) is 22.8 Å². The molecule has 0 aromatic carbocycles. The quantitative estimate of drug-likeness (QED) is 0.329. The summed E-state index contributed by atoms with van der Waals surface area (Å²) in [4.78, 5) is 30.7. The molecule has 0 bridgehead atoms. The highest BCUT2D eigenvalue weighted by atomic mass is 15.3. The third-order valence-corrected chi connectivity index (χ3v) is 5.53. The molecule has 0 unspecified atom stereocenters. The monoisotopic (exact) mass is 462 g/mol. The van der Waals surface area contributed by atoms with Gasteiger partial charge in [0.15, 0.2) is 11.6 Å². The highest BCUT2D eigenvalue weighted by Crippen LogP contribution is 2.30. The van der Waals surface area contributed by atoms with E-state index in [4.69, 9.17) is 4.98 Å². The molecule has 5 aromatic heterocycles. The van der Waals surface area contributed by atoms with Crippen LogP contribution in [0.5, 0.6) is 0 Å².